The largest absolute Gasteiger partial charge is 0.497 e. The molecule has 2 unspecified atom stereocenters. The van der Waals surface area contributed by atoms with Gasteiger partial charge in [-0.2, -0.15) is 0 Å². The number of ether oxygens (including phenoxy) is 1. The van der Waals surface area contributed by atoms with Crippen molar-refractivity contribution >= 4 is 17.5 Å². The minimum Gasteiger partial charge on any atom is -0.497 e. The van der Waals surface area contributed by atoms with Crippen LogP contribution in [0.25, 0.3) is 0 Å². The van der Waals surface area contributed by atoms with E-state index in [1.54, 1.807) is 22.9 Å². The molecular formula is C18H21N5O3. The van der Waals surface area contributed by atoms with Gasteiger partial charge in [0.2, 0.25) is 11.8 Å². The van der Waals surface area contributed by atoms with Gasteiger partial charge < -0.3 is 14.5 Å². The normalized spacial score (nSPS) is 22.9. The minimum atomic E-state index is -0.293. The predicted molar refractivity (Wildman–Crippen MR) is 93.7 cm³/mol. The standard InChI is InChI=1S/C18H21N5O3/c1-26-16-4-2-14(3-5-16)22-11-13(10-17(22)24)18(25)21-8-6-15(12-21)23-9-7-19-20-23/h2-5,7,9,13,15H,6,8,10-12H2,1H3. The van der Waals surface area contributed by atoms with Crippen molar-refractivity contribution in [1.82, 2.24) is 19.9 Å². The number of hydrogen-bond donors (Lipinski definition) is 0. The van der Waals surface area contributed by atoms with Gasteiger partial charge >= 0.3 is 0 Å². The maximum absolute atomic E-state index is 12.9. The van der Waals surface area contributed by atoms with Gasteiger partial charge in [0.15, 0.2) is 0 Å². The molecule has 8 heteroatoms. The van der Waals surface area contributed by atoms with E-state index in [0.29, 0.717) is 19.6 Å². The number of amides is 2. The molecule has 2 fully saturated rings. The van der Waals surface area contributed by atoms with Crippen LogP contribution in [-0.2, 0) is 9.59 Å². The molecule has 0 bridgehead atoms. The lowest BCUT2D eigenvalue weighted by Crippen LogP contribution is -2.36. The molecule has 1 aromatic heterocycles. The van der Waals surface area contributed by atoms with Crippen LogP contribution in [0, 0.1) is 5.92 Å². The van der Waals surface area contributed by atoms with Gasteiger partial charge in [-0.25, -0.2) is 4.68 Å². The number of hydrogen-bond acceptors (Lipinski definition) is 5. The number of methoxy groups -OCH3 is 1. The van der Waals surface area contributed by atoms with Crippen molar-refractivity contribution in [3.8, 4) is 5.75 Å². The fourth-order valence-electron chi connectivity index (χ4n) is 3.71. The van der Waals surface area contributed by atoms with Crippen molar-refractivity contribution in [3.63, 3.8) is 0 Å². The van der Waals surface area contributed by atoms with Gasteiger partial charge in [-0.1, -0.05) is 5.21 Å². The van der Waals surface area contributed by atoms with Crippen LogP contribution in [0.3, 0.4) is 0 Å². The van der Waals surface area contributed by atoms with E-state index in [0.717, 1.165) is 17.9 Å². The number of benzene rings is 1. The summed E-state index contributed by atoms with van der Waals surface area (Å²) in [5.41, 5.74) is 0.799. The van der Waals surface area contributed by atoms with E-state index in [-0.39, 0.29) is 30.2 Å². The zero-order valence-corrected chi connectivity index (χ0v) is 14.6. The number of carbonyl (C=O) groups is 2. The zero-order valence-electron chi connectivity index (χ0n) is 14.6. The van der Waals surface area contributed by atoms with Crippen LogP contribution in [0.2, 0.25) is 0 Å². The molecule has 0 spiro atoms. The molecule has 2 atom stereocenters. The number of carbonyl (C=O) groups excluding carboxylic acids is 2. The number of aromatic nitrogens is 3. The second-order valence-corrected chi connectivity index (χ2v) is 6.71. The monoisotopic (exact) mass is 355 g/mol. The summed E-state index contributed by atoms with van der Waals surface area (Å²) < 4.78 is 6.95. The highest BCUT2D eigenvalue weighted by atomic mass is 16.5. The lowest BCUT2D eigenvalue weighted by molar-refractivity contribution is -0.134. The van der Waals surface area contributed by atoms with Crippen molar-refractivity contribution in [3.05, 3.63) is 36.7 Å². The van der Waals surface area contributed by atoms with Crippen LogP contribution in [-0.4, -0.2) is 58.5 Å². The van der Waals surface area contributed by atoms with Crippen LogP contribution in [0.4, 0.5) is 5.69 Å². The molecule has 8 nitrogen and oxygen atoms in total. The summed E-state index contributed by atoms with van der Waals surface area (Å²) in [5, 5.41) is 7.85. The number of rotatable bonds is 4. The molecule has 2 aromatic rings. The Hall–Kier alpha value is -2.90. The van der Waals surface area contributed by atoms with Crippen LogP contribution in [0.1, 0.15) is 18.9 Å². The average Bonchev–Trinajstić information content (AvgIpc) is 3.41. The van der Waals surface area contributed by atoms with Gasteiger partial charge in [-0.05, 0) is 30.7 Å². The van der Waals surface area contributed by atoms with Gasteiger partial charge in [0.1, 0.15) is 5.75 Å². The Morgan fingerprint density at radius 2 is 2.04 bits per heavy atom. The third-order valence-corrected chi connectivity index (χ3v) is 5.15. The topological polar surface area (TPSA) is 80.6 Å². The highest BCUT2D eigenvalue weighted by Crippen LogP contribution is 2.30. The molecule has 2 aliphatic rings. The lowest BCUT2D eigenvalue weighted by atomic mass is 10.1. The van der Waals surface area contributed by atoms with Gasteiger partial charge in [0, 0.05) is 37.9 Å². The molecule has 2 saturated heterocycles. The SMILES string of the molecule is COc1ccc(N2CC(C(=O)N3CCC(n4ccnn4)C3)CC2=O)cc1. The van der Waals surface area contributed by atoms with E-state index >= 15 is 0 Å². The van der Waals surface area contributed by atoms with E-state index in [2.05, 4.69) is 10.3 Å². The van der Waals surface area contributed by atoms with Gasteiger partial charge in [0.25, 0.3) is 0 Å². The Bertz CT molecular complexity index is 790. The summed E-state index contributed by atoms with van der Waals surface area (Å²) in [5.74, 6) is 0.487. The fourth-order valence-corrected chi connectivity index (χ4v) is 3.71. The maximum Gasteiger partial charge on any atom is 0.228 e. The van der Waals surface area contributed by atoms with Gasteiger partial charge in [0.05, 0.1) is 25.3 Å². The smallest absolute Gasteiger partial charge is 0.228 e. The van der Waals surface area contributed by atoms with Crippen molar-refractivity contribution in [2.45, 2.75) is 18.9 Å². The molecule has 26 heavy (non-hydrogen) atoms. The van der Waals surface area contributed by atoms with Crippen molar-refractivity contribution in [1.29, 1.82) is 0 Å². The zero-order chi connectivity index (χ0) is 18.1. The molecule has 0 N–H and O–H groups in total. The second-order valence-electron chi connectivity index (χ2n) is 6.71. The summed E-state index contributed by atoms with van der Waals surface area (Å²) in [7, 11) is 1.60. The van der Waals surface area contributed by atoms with E-state index in [4.69, 9.17) is 4.74 Å². The first-order valence-corrected chi connectivity index (χ1v) is 8.74. The molecular weight excluding hydrogens is 334 g/mol. The molecule has 0 saturated carbocycles. The third-order valence-electron chi connectivity index (χ3n) is 5.15. The third kappa shape index (κ3) is 3.02. The van der Waals surface area contributed by atoms with Crippen molar-refractivity contribution < 1.29 is 14.3 Å². The molecule has 136 valence electrons. The summed E-state index contributed by atoms with van der Waals surface area (Å²) in [6.45, 7) is 1.74. The first kappa shape index (κ1) is 16.6. The second kappa shape index (κ2) is 6.78. The maximum atomic E-state index is 12.9. The molecule has 3 heterocycles. The molecule has 0 aliphatic carbocycles. The fraction of sp³-hybridized carbons (Fsp3) is 0.444. The molecule has 4 rings (SSSR count). The first-order chi connectivity index (χ1) is 12.7. The van der Waals surface area contributed by atoms with E-state index in [1.807, 2.05) is 35.4 Å². The lowest BCUT2D eigenvalue weighted by Gasteiger charge is -2.21. The van der Waals surface area contributed by atoms with Crippen molar-refractivity contribution in [2.75, 3.05) is 31.6 Å². The summed E-state index contributed by atoms with van der Waals surface area (Å²) >= 11 is 0. The van der Waals surface area contributed by atoms with Gasteiger partial charge in [-0.3, -0.25) is 9.59 Å². The Morgan fingerprint density at radius 1 is 1.23 bits per heavy atom. The van der Waals surface area contributed by atoms with Crippen LogP contribution in [0.15, 0.2) is 36.7 Å². The summed E-state index contributed by atoms with van der Waals surface area (Å²) in [4.78, 5) is 28.8. The Balaban J connectivity index is 1.41. The Morgan fingerprint density at radius 3 is 2.73 bits per heavy atom. The van der Waals surface area contributed by atoms with Crippen molar-refractivity contribution in [2.24, 2.45) is 5.92 Å². The average molecular weight is 355 g/mol. The number of nitrogens with zero attached hydrogens (tertiary/aromatic N) is 5. The van der Waals surface area contributed by atoms with E-state index in [9.17, 15) is 9.59 Å². The van der Waals surface area contributed by atoms with E-state index < -0.39 is 0 Å². The highest BCUT2D eigenvalue weighted by Gasteiger charge is 2.39. The first-order valence-electron chi connectivity index (χ1n) is 8.74. The van der Waals surface area contributed by atoms with Crippen LogP contribution >= 0.6 is 0 Å². The Labute approximate surface area is 151 Å². The quantitative estimate of drug-likeness (QED) is 0.821. The summed E-state index contributed by atoms with van der Waals surface area (Å²) in [6, 6.07) is 7.50. The molecule has 2 amide bonds. The highest BCUT2D eigenvalue weighted by molar-refractivity contribution is 6.00. The predicted octanol–water partition coefficient (Wildman–Crippen LogP) is 1.11. The van der Waals surface area contributed by atoms with E-state index in [1.165, 1.54) is 0 Å². The Kier molecular flexibility index (Phi) is 4.32. The molecule has 1 aromatic carbocycles. The summed E-state index contributed by atoms with van der Waals surface area (Å²) in [6.07, 6.45) is 4.59. The number of likely N-dealkylation sites (tertiary alicyclic amines) is 1. The number of anilines is 1. The van der Waals surface area contributed by atoms with Crippen LogP contribution in [0.5, 0.6) is 5.75 Å². The van der Waals surface area contributed by atoms with Crippen LogP contribution < -0.4 is 9.64 Å². The van der Waals surface area contributed by atoms with Gasteiger partial charge in [-0.15, -0.1) is 5.10 Å². The molecule has 2 aliphatic heterocycles. The minimum absolute atomic E-state index is 0.0134. The molecule has 0 radical (unpaired) electrons.